The van der Waals surface area contributed by atoms with E-state index in [1.54, 1.807) is 18.7 Å². The molecule has 98 valence electrons. The van der Waals surface area contributed by atoms with Crippen LogP contribution in [0.2, 0.25) is 0 Å². The second kappa shape index (κ2) is 5.04. The van der Waals surface area contributed by atoms with Crippen molar-refractivity contribution >= 4 is 11.9 Å². The molecule has 1 amide bonds. The largest absolute Gasteiger partial charge is 0.456 e. The summed E-state index contributed by atoms with van der Waals surface area (Å²) < 4.78 is 5.24. The molecule has 0 saturated carbocycles. The molecule has 0 aromatic rings. The van der Waals surface area contributed by atoms with Crippen molar-refractivity contribution in [3.8, 4) is 0 Å². The minimum Gasteiger partial charge on any atom is -0.456 e. The van der Waals surface area contributed by atoms with Crippen LogP contribution in [0.1, 0.15) is 40.5 Å². The van der Waals surface area contributed by atoms with Gasteiger partial charge in [0.2, 0.25) is 5.91 Å². The predicted molar refractivity (Wildman–Crippen MR) is 62.3 cm³/mol. The average Bonchev–Trinajstić information content (AvgIpc) is 2.62. The van der Waals surface area contributed by atoms with Crippen LogP contribution in [0.25, 0.3) is 0 Å². The molecule has 5 heteroatoms. The van der Waals surface area contributed by atoms with Crippen LogP contribution >= 0.6 is 0 Å². The Morgan fingerprint density at radius 1 is 1.47 bits per heavy atom. The van der Waals surface area contributed by atoms with Crippen LogP contribution in [0.4, 0.5) is 0 Å². The fourth-order valence-corrected chi connectivity index (χ4v) is 1.88. The lowest BCUT2D eigenvalue weighted by Gasteiger charge is -2.37. The molecule has 5 nitrogen and oxygen atoms in total. The van der Waals surface area contributed by atoms with E-state index in [9.17, 15) is 9.59 Å². The van der Waals surface area contributed by atoms with Gasteiger partial charge in [-0.05, 0) is 34.1 Å². The Balaban J connectivity index is 2.68. The lowest BCUT2D eigenvalue weighted by atomic mass is 9.98. The molecule has 0 aromatic heterocycles. The molecule has 1 aliphatic rings. The number of esters is 1. The fraction of sp³-hybridized carbons (Fsp3) is 0.833. The van der Waals surface area contributed by atoms with Gasteiger partial charge < -0.3 is 14.7 Å². The molecular formula is C12H21NO4. The second-order valence-electron chi connectivity index (χ2n) is 5.07. The summed E-state index contributed by atoms with van der Waals surface area (Å²) in [6, 6.07) is -0.194. The van der Waals surface area contributed by atoms with Crippen LogP contribution in [0.5, 0.6) is 0 Å². The maximum absolute atomic E-state index is 11.6. The Kier molecular flexibility index (Phi) is 4.14. The fourth-order valence-electron chi connectivity index (χ4n) is 1.88. The maximum atomic E-state index is 11.6. The number of carbonyl (C=O) groups excluding carboxylic acids is 2. The Morgan fingerprint density at radius 2 is 2.06 bits per heavy atom. The molecule has 2 atom stereocenters. The van der Waals surface area contributed by atoms with E-state index in [1.165, 1.54) is 6.92 Å². The second-order valence-corrected chi connectivity index (χ2v) is 5.07. The highest BCUT2D eigenvalue weighted by molar-refractivity contribution is 5.78. The van der Waals surface area contributed by atoms with Crippen LogP contribution in [0.15, 0.2) is 0 Å². The number of likely N-dealkylation sites (tertiary alicyclic amines) is 1. The summed E-state index contributed by atoms with van der Waals surface area (Å²) in [4.78, 5) is 24.7. The zero-order valence-corrected chi connectivity index (χ0v) is 10.9. The molecular weight excluding hydrogens is 222 g/mol. The summed E-state index contributed by atoms with van der Waals surface area (Å²) in [6.07, 6.45) is 0.268. The number of rotatable bonds is 4. The topological polar surface area (TPSA) is 66.8 Å². The van der Waals surface area contributed by atoms with Crippen molar-refractivity contribution in [2.45, 2.75) is 58.3 Å². The van der Waals surface area contributed by atoms with Gasteiger partial charge in [0, 0.05) is 13.0 Å². The first-order valence-corrected chi connectivity index (χ1v) is 5.96. The molecule has 0 bridgehead atoms. The molecule has 1 N–H and O–H groups in total. The first kappa shape index (κ1) is 14.0. The molecule has 1 heterocycles. The molecule has 0 aromatic carbocycles. The van der Waals surface area contributed by atoms with E-state index in [0.29, 0.717) is 13.0 Å². The van der Waals surface area contributed by atoms with Crippen LogP contribution in [0, 0.1) is 0 Å². The quantitative estimate of drug-likeness (QED) is 0.738. The normalized spacial score (nSPS) is 20.3. The van der Waals surface area contributed by atoms with Crippen molar-refractivity contribution in [1.82, 2.24) is 4.90 Å². The van der Waals surface area contributed by atoms with Gasteiger partial charge in [-0.1, -0.05) is 0 Å². The third-order valence-electron chi connectivity index (χ3n) is 3.29. The van der Waals surface area contributed by atoms with Crippen molar-refractivity contribution in [3.63, 3.8) is 0 Å². The monoisotopic (exact) mass is 243 g/mol. The number of carbonyl (C=O) groups is 2. The first-order chi connectivity index (χ1) is 7.75. The van der Waals surface area contributed by atoms with Crippen molar-refractivity contribution < 1.29 is 19.4 Å². The number of aliphatic hydroxyl groups excluding tert-OH is 1. The van der Waals surface area contributed by atoms with Crippen LogP contribution in [0.3, 0.4) is 0 Å². The van der Waals surface area contributed by atoms with E-state index in [2.05, 4.69) is 0 Å². The van der Waals surface area contributed by atoms with E-state index >= 15 is 0 Å². The molecule has 0 spiro atoms. The summed E-state index contributed by atoms with van der Waals surface area (Å²) in [5, 5.41) is 9.13. The van der Waals surface area contributed by atoms with Crippen molar-refractivity contribution in [1.29, 1.82) is 0 Å². The number of hydrogen-bond acceptors (Lipinski definition) is 4. The van der Waals surface area contributed by atoms with Crippen LogP contribution < -0.4 is 0 Å². The van der Waals surface area contributed by atoms with E-state index in [-0.39, 0.29) is 11.9 Å². The lowest BCUT2D eigenvalue weighted by Crippen LogP contribution is -2.51. The van der Waals surface area contributed by atoms with Gasteiger partial charge in [0.15, 0.2) is 0 Å². The SMILES string of the molecule is CC(O)C(=O)OC(C)(C)C(C)N1CCCC1=O. The van der Waals surface area contributed by atoms with Gasteiger partial charge in [-0.2, -0.15) is 0 Å². The van der Waals surface area contributed by atoms with Crippen molar-refractivity contribution in [2.75, 3.05) is 6.54 Å². The summed E-state index contributed by atoms with van der Waals surface area (Å²) in [5.41, 5.74) is -0.798. The van der Waals surface area contributed by atoms with Crippen LogP contribution in [-0.2, 0) is 14.3 Å². The van der Waals surface area contributed by atoms with Crippen LogP contribution in [-0.4, -0.2) is 46.2 Å². The van der Waals surface area contributed by atoms with Crippen molar-refractivity contribution in [3.05, 3.63) is 0 Å². The summed E-state index contributed by atoms with van der Waals surface area (Å²) >= 11 is 0. The average molecular weight is 243 g/mol. The minimum atomic E-state index is -1.14. The Morgan fingerprint density at radius 3 is 2.47 bits per heavy atom. The standard InChI is InChI=1S/C12H21NO4/c1-8(14)11(16)17-12(3,4)9(2)13-7-5-6-10(13)15/h8-9,14H,5-7H2,1-4H3. The van der Waals surface area contributed by atoms with E-state index in [4.69, 9.17) is 9.84 Å². The van der Waals surface area contributed by atoms with Gasteiger partial charge in [-0.15, -0.1) is 0 Å². The highest BCUT2D eigenvalue weighted by atomic mass is 16.6. The van der Waals surface area contributed by atoms with Crippen molar-refractivity contribution in [2.24, 2.45) is 0 Å². The van der Waals surface area contributed by atoms with Gasteiger partial charge in [0.25, 0.3) is 0 Å². The number of aliphatic hydroxyl groups is 1. The Hall–Kier alpha value is -1.10. The molecule has 0 aliphatic carbocycles. The highest BCUT2D eigenvalue weighted by Crippen LogP contribution is 2.25. The summed E-state index contributed by atoms with van der Waals surface area (Å²) in [6.45, 7) is 7.44. The van der Waals surface area contributed by atoms with Gasteiger partial charge in [0.1, 0.15) is 11.7 Å². The zero-order valence-electron chi connectivity index (χ0n) is 10.9. The summed E-state index contributed by atoms with van der Waals surface area (Å²) in [5.74, 6) is -0.563. The third kappa shape index (κ3) is 3.19. The highest BCUT2D eigenvalue weighted by Gasteiger charge is 2.38. The zero-order chi connectivity index (χ0) is 13.2. The first-order valence-electron chi connectivity index (χ1n) is 5.96. The number of ether oxygens (including phenoxy) is 1. The molecule has 1 saturated heterocycles. The molecule has 1 aliphatic heterocycles. The summed E-state index contributed by atoms with van der Waals surface area (Å²) in [7, 11) is 0. The van der Waals surface area contributed by atoms with E-state index in [1.807, 2.05) is 6.92 Å². The minimum absolute atomic E-state index is 0.0960. The smallest absolute Gasteiger partial charge is 0.335 e. The Bertz CT molecular complexity index is 312. The number of amides is 1. The van der Waals surface area contributed by atoms with Gasteiger partial charge in [0.05, 0.1) is 6.04 Å². The number of hydrogen-bond donors (Lipinski definition) is 1. The molecule has 1 fully saturated rings. The van der Waals surface area contributed by atoms with E-state index < -0.39 is 17.7 Å². The molecule has 2 unspecified atom stereocenters. The Labute approximate surface area is 102 Å². The van der Waals surface area contributed by atoms with Gasteiger partial charge >= 0.3 is 5.97 Å². The molecule has 1 rings (SSSR count). The number of nitrogens with zero attached hydrogens (tertiary/aromatic N) is 1. The maximum Gasteiger partial charge on any atom is 0.335 e. The van der Waals surface area contributed by atoms with E-state index in [0.717, 1.165) is 6.42 Å². The molecule has 0 radical (unpaired) electrons. The van der Waals surface area contributed by atoms with Gasteiger partial charge in [-0.25, -0.2) is 4.79 Å². The lowest BCUT2D eigenvalue weighted by molar-refractivity contribution is -0.173. The molecule has 17 heavy (non-hydrogen) atoms. The van der Waals surface area contributed by atoms with Gasteiger partial charge in [-0.3, -0.25) is 4.79 Å². The predicted octanol–water partition coefficient (Wildman–Crippen LogP) is 0.700. The third-order valence-corrected chi connectivity index (χ3v) is 3.29.